The standard InChI is InChI=1S/C27H24FNO4/c1-3-13-33-22-12-5-9-19(15-22)25(30)23-24(18-8-4-7-17(2)14-18)29(27(32)26(23)31)21-11-6-10-20(28)16-21/h4-12,14-16,24,30H,3,13H2,1-2H3/b25-23+. The summed E-state index contributed by atoms with van der Waals surface area (Å²) in [4.78, 5) is 27.5. The number of ether oxygens (including phenoxy) is 1. The highest BCUT2D eigenvalue weighted by Crippen LogP contribution is 2.42. The first-order valence-electron chi connectivity index (χ1n) is 10.8. The maximum absolute atomic E-state index is 14.0. The average Bonchev–Trinajstić information content (AvgIpc) is 3.08. The summed E-state index contributed by atoms with van der Waals surface area (Å²) in [6.07, 6.45) is 0.822. The van der Waals surface area contributed by atoms with Crippen molar-refractivity contribution in [2.45, 2.75) is 26.3 Å². The first-order chi connectivity index (χ1) is 15.9. The van der Waals surface area contributed by atoms with Gasteiger partial charge in [0.1, 0.15) is 17.3 Å². The topological polar surface area (TPSA) is 66.8 Å². The molecule has 1 N–H and O–H groups in total. The Morgan fingerprint density at radius 3 is 2.52 bits per heavy atom. The molecule has 1 unspecified atom stereocenters. The molecule has 1 fully saturated rings. The molecule has 1 saturated heterocycles. The summed E-state index contributed by atoms with van der Waals surface area (Å²) in [6, 6.07) is 18.7. The molecule has 1 amide bonds. The van der Waals surface area contributed by atoms with Crippen LogP contribution in [-0.2, 0) is 9.59 Å². The van der Waals surface area contributed by atoms with Gasteiger partial charge in [-0.25, -0.2) is 4.39 Å². The minimum atomic E-state index is -0.910. The fraction of sp³-hybridized carbons (Fsp3) is 0.185. The van der Waals surface area contributed by atoms with Crippen molar-refractivity contribution >= 4 is 23.1 Å². The molecule has 168 valence electrons. The molecule has 1 aliphatic heterocycles. The quantitative estimate of drug-likeness (QED) is 0.307. The van der Waals surface area contributed by atoms with Crippen molar-refractivity contribution in [3.63, 3.8) is 0 Å². The molecule has 0 bridgehead atoms. The minimum absolute atomic E-state index is 0.0532. The van der Waals surface area contributed by atoms with E-state index in [1.54, 1.807) is 36.4 Å². The molecule has 4 rings (SSSR count). The van der Waals surface area contributed by atoms with E-state index < -0.39 is 23.5 Å². The first-order valence-corrected chi connectivity index (χ1v) is 10.8. The maximum atomic E-state index is 14.0. The van der Waals surface area contributed by atoms with Crippen molar-refractivity contribution in [3.8, 4) is 5.75 Å². The van der Waals surface area contributed by atoms with Gasteiger partial charge in [-0.1, -0.05) is 55.0 Å². The number of halogens is 1. The Kier molecular flexibility index (Phi) is 6.27. The molecule has 1 aliphatic rings. The maximum Gasteiger partial charge on any atom is 0.300 e. The number of nitrogens with zero attached hydrogens (tertiary/aromatic N) is 1. The Morgan fingerprint density at radius 2 is 1.79 bits per heavy atom. The molecule has 6 heteroatoms. The van der Waals surface area contributed by atoms with Crippen LogP contribution in [0.1, 0.15) is 36.1 Å². The number of aliphatic hydroxyl groups excluding tert-OH is 1. The number of aliphatic hydroxyl groups is 1. The van der Waals surface area contributed by atoms with E-state index in [1.807, 2.05) is 32.0 Å². The van der Waals surface area contributed by atoms with Gasteiger partial charge in [0.2, 0.25) is 0 Å². The zero-order chi connectivity index (χ0) is 23.5. The van der Waals surface area contributed by atoms with E-state index in [0.717, 1.165) is 12.0 Å². The number of carbonyl (C=O) groups is 2. The number of carbonyl (C=O) groups excluding carboxylic acids is 2. The fourth-order valence-corrected chi connectivity index (χ4v) is 3.99. The predicted octanol–water partition coefficient (Wildman–Crippen LogP) is 5.55. The van der Waals surface area contributed by atoms with Crippen molar-refractivity contribution in [2.75, 3.05) is 11.5 Å². The highest BCUT2D eigenvalue weighted by atomic mass is 19.1. The number of anilines is 1. The monoisotopic (exact) mass is 445 g/mol. The zero-order valence-corrected chi connectivity index (χ0v) is 18.4. The molecule has 0 saturated carbocycles. The van der Waals surface area contributed by atoms with E-state index in [1.165, 1.54) is 23.1 Å². The lowest BCUT2D eigenvalue weighted by atomic mass is 9.94. The van der Waals surface area contributed by atoms with Crippen LogP contribution in [0.15, 0.2) is 78.4 Å². The van der Waals surface area contributed by atoms with E-state index in [0.29, 0.717) is 23.5 Å². The predicted molar refractivity (Wildman–Crippen MR) is 125 cm³/mol. The van der Waals surface area contributed by atoms with Crippen LogP contribution in [0, 0.1) is 12.7 Å². The van der Waals surface area contributed by atoms with Gasteiger partial charge in [0.25, 0.3) is 11.7 Å². The Balaban J connectivity index is 1.90. The third-order valence-corrected chi connectivity index (χ3v) is 5.47. The smallest absolute Gasteiger partial charge is 0.300 e. The number of hydrogen-bond acceptors (Lipinski definition) is 4. The van der Waals surface area contributed by atoms with Crippen LogP contribution in [-0.4, -0.2) is 23.4 Å². The number of rotatable bonds is 6. The molecule has 0 aliphatic carbocycles. The molecular weight excluding hydrogens is 421 g/mol. The molecule has 1 heterocycles. The number of aryl methyl sites for hydroxylation is 1. The second kappa shape index (κ2) is 9.28. The van der Waals surface area contributed by atoms with Gasteiger partial charge in [0, 0.05) is 11.3 Å². The highest BCUT2D eigenvalue weighted by Gasteiger charge is 2.47. The second-order valence-electron chi connectivity index (χ2n) is 7.94. The van der Waals surface area contributed by atoms with E-state index in [9.17, 15) is 19.1 Å². The summed E-state index contributed by atoms with van der Waals surface area (Å²) in [5.41, 5.74) is 2.11. The molecule has 5 nitrogen and oxygen atoms in total. The van der Waals surface area contributed by atoms with Gasteiger partial charge in [-0.05, 0) is 49.2 Å². The summed E-state index contributed by atoms with van der Waals surface area (Å²) in [7, 11) is 0. The summed E-state index contributed by atoms with van der Waals surface area (Å²) in [6.45, 7) is 4.39. The first kappa shape index (κ1) is 22.3. The Labute approximate surface area is 191 Å². The lowest BCUT2D eigenvalue weighted by Gasteiger charge is -2.25. The van der Waals surface area contributed by atoms with Crippen LogP contribution < -0.4 is 9.64 Å². The Bertz CT molecular complexity index is 1250. The Morgan fingerprint density at radius 1 is 1.03 bits per heavy atom. The van der Waals surface area contributed by atoms with Crippen molar-refractivity contribution in [1.82, 2.24) is 0 Å². The van der Waals surface area contributed by atoms with Crippen LogP contribution in [0.2, 0.25) is 0 Å². The number of amides is 1. The van der Waals surface area contributed by atoms with Gasteiger partial charge in [0.05, 0.1) is 18.2 Å². The molecule has 33 heavy (non-hydrogen) atoms. The third-order valence-electron chi connectivity index (χ3n) is 5.47. The fourth-order valence-electron chi connectivity index (χ4n) is 3.99. The normalized spacial score (nSPS) is 17.4. The SMILES string of the molecule is CCCOc1cccc(/C(O)=C2\C(=O)C(=O)N(c3cccc(F)c3)C2c2cccc(C)c2)c1. The third kappa shape index (κ3) is 4.37. The van der Waals surface area contributed by atoms with Gasteiger partial charge in [-0.3, -0.25) is 14.5 Å². The van der Waals surface area contributed by atoms with Gasteiger partial charge in [-0.2, -0.15) is 0 Å². The summed E-state index contributed by atoms with van der Waals surface area (Å²) in [5.74, 6) is -1.94. The van der Waals surface area contributed by atoms with Gasteiger partial charge in [-0.15, -0.1) is 0 Å². The summed E-state index contributed by atoms with van der Waals surface area (Å²) < 4.78 is 19.7. The number of ketones is 1. The average molecular weight is 445 g/mol. The molecule has 0 spiro atoms. The molecule has 1 atom stereocenters. The number of Topliss-reactive ketones (excluding diaryl/α,β-unsaturated/α-hetero) is 1. The summed E-state index contributed by atoms with van der Waals surface area (Å²) >= 11 is 0. The van der Waals surface area contributed by atoms with Gasteiger partial charge in [0.15, 0.2) is 0 Å². The Hall–Kier alpha value is -3.93. The van der Waals surface area contributed by atoms with Crippen molar-refractivity contribution in [3.05, 3.63) is 101 Å². The van der Waals surface area contributed by atoms with Gasteiger partial charge < -0.3 is 9.84 Å². The molecule has 0 aromatic heterocycles. The summed E-state index contributed by atoms with van der Waals surface area (Å²) in [5, 5.41) is 11.2. The minimum Gasteiger partial charge on any atom is -0.507 e. The van der Waals surface area contributed by atoms with Crippen molar-refractivity contribution in [2.24, 2.45) is 0 Å². The van der Waals surface area contributed by atoms with E-state index in [2.05, 4.69) is 0 Å². The lowest BCUT2D eigenvalue weighted by Crippen LogP contribution is -2.29. The van der Waals surface area contributed by atoms with E-state index in [4.69, 9.17) is 4.74 Å². The highest BCUT2D eigenvalue weighted by molar-refractivity contribution is 6.51. The van der Waals surface area contributed by atoms with Gasteiger partial charge >= 0.3 is 0 Å². The van der Waals surface area contributed by atoms with Crippen LogP contribution in [0.3, 0.4) is 0 Å². The van der Waals surface area contributed by atoms with Crippen LogP contribution >= 0.6 is 0 Å². The molecular formula is C27H24FNO4. The van der Waals surface area contributed by atoms with E-state index >= 15 is 0 Å². The van der Waals surface area contributed by atoms with Crippen LogP contribution in [0.25, 0.3) is 5.76 Å². The van der Waals surface area contributed by atoms with Crippen LogP contribution in [0.5, 0.6) is 5.75 Å². The molecule has 3 aromatic rings. The zero-order valence-electron chi connectivity index (χ0n) is 18.4. The molecule has 3 aromatic carbocycles. The lowest BCUT2D eigenvalue weighted by molar-refractivity contribution is -0.132. The van der Waals surface area contributed by atoms with E-state index in [-0.39, 0.29) is 17.0 Å². The van der Waals surface area contributed by atoms with Crippen molar-refractivity contribution < 1.29 is 23.8 Å². The second-order valence-corrected chi connectivity index (χ2v) is 7.94. The number of benzene rings is 3. The largest absolute Gasteiger partial charge is 0.507 e. The van der Waals surface area contributed by atoms with Crippen molar-refractivity contribution in [1.29, 1.82) is 0 Å². The number of hydrogen-bond donors (Lipinski definition) is 1. The molecule has 0 radical (unpaired) electrons. The van der Waals surface area contributed by atoms with Crippen LogP contribution in [0.4, 0.5) is 10.1 Å².